The first kappa shape index (κ1) is 8.52. The molecule has 2 heteroatoms. The van der Waals surface area contributed by atoms with Crippen LogP contribution in [0.2, 0.25) is 0 Å². The molecule has 12 heavy (non-hydrogen) atoms. The normalized spacial score (nSPS) is 46.5. The lowest BCUT2D eigenvalue weighted by molar-refractivity contribution is 0.185. The fourth-order valence-electron chi connectivity index (χ4n) is 3.35. The molecule has 0 spiro atoms. The highest BCUT2D eigenvalue weighted by Crippen LogP contribution is 2.50. The zero-order valence-corrected chi connectivity index (χ0v) is 7.45. The zero-order valence-electron chi connectivity index (χ0n) is 7.45. The Hall–Kier alpha value is -0.0800. The molecule has 2 N–H and O–H groups in total. The standard InChI is InChI=1S/C10H18O2/c11-5-7-4-8(6-12)10-3-1-2-9(7)10/h7-12H,1-6H2/t7-,8+,9-,10+. The maximum atomic E-state index is 9.14. The molecule has 0 heterocycles. The second-order valence-electron chi connectivity index (χ2n) is 4.38. The molecule has 0 amide bonds. The summed E-state index contributed by atoms with van der Waals surface area (Å²) in [6.45, 7) is 0.662. The van der Waals surface area contributed by atoms with Crippen molar-refractivity contribution in [2.24, 2.45) is 23.7 Å². The Balaban J connectivity index is 2.05. The number of fused-ring (bicyclic) bond motifs is 1. The molecule has 0 bridgehead atoms. The molecule has 0 radical (unpaired) electrons. The number of hydrogen-bond donors (Lipinski definition) is 2. The van der Waals surface area contributed by atoms with E-state index in [4.69, 9.17) is 10.2 Å². The monoisotopic (exact) mass is 170 g/mol. The van der Waals surface area contributed by atoms with Crippen LogP contribution in [-0.4, -0.2) is 23.4 Å². The van der Waals surface area contributed by atoms with Crippen molar-refractivity contribution >= 4 is 0 Å². The van der Waals surface area contributed by atoms with E-state index in [1.807, 2.05) is 0 Å². The minimum Gasteiger partial charge on any atom is -0.396 e. The second kappa shape index (κ2) is 3.35. The summed E-state index contributed by atoms with van der Waals surface area (Å²) >= 11 is 0. The summed E-state index contributed by atoms with van der Waals surface area (Å²) in [6.07, 6.45) is 4.93. The van der Waals surface area contributed by atoms with Crippen LogP contribution in [0.4, 0.5) is 0 Å². The summed E-state index contributed by atoms with van der Waals surface area (Å²) in [5.41, 5.74) is 0. The van der Waals surface area contributed by atoms with Crippen LogP contribution in [0.1, 0.15) is 25.7 Å². The molecule has 2 rings (SSSR count). The molecule has 0 aromatic rings. The van der Waals surface area contributed by atoms with Gasteiger partial charge in [0.1, 0.15) is 0 Å². The molecule has 2 fully saturated rings. The zero-order chi connectivity index (χ0) is 8.55. The van der Waals surface area contributed by atoms with Gasteiger partial charge in [0.15, 0.2) is 0 Å². The smallest absolute Gasteiger partial charge is 0.0462 e. The second-order valence-corrected chi connectivity index (χ2v) is 4.38. The predicted octanol–water partition coefficient (Wildman–Crippen LogP) is 1.02. The van der Waals surface area contributed by atoms with Crippen LogP contribution in [0, 0.1) is 23.7 Å². The lowest BCUT2D eigenvalue weighted by atomic mass is 9.91. The van der Waals surface area contributed by atoms with Crippen molar-refractivity contribution in [3.8, 4) is 0 Å². The van der Waals surface area contributed by atoms with E-state index < -0.39 is 0 Å². The van der Waals surface area contributed by atoms with Crippen molar-refractivity contribution in [1.82, 2.24) is 0 Å². The van der Waals surface area contributed by atoms with Crippen molar-refractivity contribution in [2.45, 2.75) is 25.7 Å². The molecular weight excluding hydrogens is 152 g/mol. The third-order valence-corrected chi connectivity index (χ3v) is 3.91. The van der Waals surface area contributed by atoms with E-state index in [9.17, 15) is 0 Å². The van der Waals surface area contributed by atoms with Crippen molar-refractivity contribution in [3.05, 3.63) is 0 Å². The van der Waals surface area contributed by atoms with Gasteiger partial charge >= 0.3 is 0 Å². The van der Waals surface area contributed by atoms with E-state index in [0.717, 1.165) is 18.3 Å². The van der Waals surface area contributed by atoms with Crippen LogP contribution < -0.4 is 0 Å². The highest BCUT2D eigenvalue weighted by molar-refractivity contribution is 4.93. The van der Waals surface area contributed by atoms with E-state index >= 15 is 0 Å². The maximum absolute atomic E-state index is 9.14. The average Bonchev–Trinajstić information content (AvgIpc) is 2.63. The van der Waals surface area contributed by atoms with Crippen molar-refractivity contribution < 1.29 is 10.2 Å². The van der Waals surface area contributed by atoms with Gasteiger partial charge in [-0.3, -0.25) is 0 Å². The van der Waals surface area contributed by atoms with E-state index in [0.29, 0.717) is 25.0 Å². The van der Waals surface area contributed by atoms with Gasteiger partial charge in [-0.05, 0) is 42.9 Å². The Morgan fingerprint density at radius 3 is 1.83 bits per heavy atom. The molecule has 2 aliphatic carbocycles. The molecule has 4 atom stereocenters. The lowest BCUT2D eigenvalue weighted by Gasteiger charge is -2.16. The van der Waals surface area contributed by atoms with Crippen LogP contribution in [0.15, 0.2) is 0 Å². The summed E-state index contributed by atoms with van der Waals surface area (Å²) < 4.78 is 0. The summed E-state index contributed by atoms with van der Waals surface area (Å²) in [6, 6.07) is 0. The van der Waals surface area contributed by atoms with Gasteiger partial charge in [-0.25, -0.2) is 0 Å². The van der Waals surface area contributed by atoms with Gasteiger partial charge in [0, 0.05) is 13.2 Å². The van der Waals surface area contributed by atoms with E-state index in [-0.39, 0.29) is 0 Å². The molecule has 70 valence electrons. The Kier molecular flexibility index (Phi) is 2.37. The predicted molar refractivity (Wildman–Crippen MR) is 46.6 cm³/mol. The highest BCUT2D eigenvalue weighted by atomic mass is 16.3. The number of hydrogen-bond acceptors (Lipinski definition) is 2. The summed E-state index contributed by atoms with van der Waals surface area (Å²) in [5.74, 6) is 2.45. The number of rotatable bonds is 2. The molecule has 0 saturated heterocycles. The van der Waals surface area contributed by atoms with Crippen LogP contribution in [-0.2, 0) is 0 Å². The summed E-state index contributed by atoms with van der Waals surface area (Å²) in [4.78, 5) is 0. The van der Waals surface area contributed by atoms with Crippen LogP contribution in [0.3, 0.4) is 0 Å². The van der Waals surface area contributed by atoms with Gasteiger partial charge in [0.2, 0.25) is 0 Å². The third-order valence-electron chi connectivity index (χ3n) is 3.91. The van der Waals surface area contributed by atoms with Crippen molar-refractivity contribution in [2.75, 3.05) is 13.2 Å². The van der Waals surface area contributed by atoms with Crippen LogP contribution in [0.5, 0.6) is 0 Å². The molecule has 0 aliphatic heterocycles. The Bertz CT molecular complexity index is 142. The number of aliphatic hydroxyl groups excluding tert-OH is 2. The summed E-state index contributed by atoms with van der Waals surface area (Å²) in [5, 5.41) is 18.3. The molecule has 2 saturated carbocycles. The maximum Gasteiger partial charge on any atom is 0.0462 e. The molecule has 0 aromatic carbocycles. The van der Waals surface area contributed by atoms with Crippen molar-refractivity contribution in [1.29, 1.82) is 0 Å². The lowest BCUT2D eigenvalue weighted by Crippen LogP contribution is -2.14. The first-order valence-corrected chi connectivity index (χ1v) is 5.08. The van der Waals surface area contributed by atoms with Crippen LogP contribution in [0.25, 0.3) is 0 Å². The SMILES string of the molecule is OC[C@H]1C[C@@H](CO)[C@@H]2CCC[C@H]12. The quantitative estimate of drug-likeness (QED) is 0.649. The minimum absolute atomic E-state index is 0.331. The summed E-state index contributed by atoms with van der Waals surface area (Å²) in [7, 11) is 0. The first-order valence-electron chi connectivity index (χ1n) is 5.08. The minimum atomic E-state index is 0.331. The average molecular weight is 170 g/mol. The Labute approximate surface area is 73.6 Å². The van der Waals surface area contributed by atoms with E-state index in [1.54, 1.807) is 0 Å². The highest BCUT2D eigenvalue weighted by Gasteiger charge is 2.44. The molecular formula is C10H18O2. The molecule has 2 aliphatic rings. The van der Waals surface area contributed by atoms with Crippen molar-refractivity contribution in [3.63, 3.8) is 0 Å². The fourth-order valence-corrected chi connectivity index (χ4v) is 3.35. The van der Waals surface area contributed by atoms with Gasteiger partial charge in [0.25, 0.3) is 0 Å². The third kappa shape index (κ3) is 1.17. The van der Waals surface area contributed by atoms with Crippen LogP contribution >= 0.6 is 0 Å². The van der Waals surface area contributed by atoms with E-state index in [2.05, 4.69) is 0 Å². The van der Waals surface area contributed by atoms with Gasteiger partial charge < -0.3 is 10.2 Å². The Morgan fingerprint density at radius 1 is 0.917 bits per heavy atom. The van der Waals surface area contributed by atoms with Gasteiger partial charge in [-0.15, -0.1) is 0 Å². The van der Waals surface area contributed by atoms with E-state index in [1.165, 1.54) is 19.3 Å². The Morgan fingerprint density at radius 2 is 1.42 bits per heavy atom. The van der Waals surface area contributed by atoms with Gasteiger partial charge in [0.05, 0.1) is 0 Å². The molecule has 0 unspecified atom stereocenters. The fraction of sp³-hybridized carbons (Fsp3) is 1.00. The topological polar surface area (TPSA) is 40.5 Å². The van der Waals surface area contributed by atoms with Gasteiger partial charge in [-0.2, -0.15) is 0 Å². The molecule has 2 nitrogen and oxygen atoms in total. The largest absolute Gasteiger partial charge is 0.396 e. The first-order chi connectivity index (χ1) is 5.86. The van der Waals surface area contributed by atoms with Gasteiger partial charge in [-0.1, -0.05) is 6.42 Å². The number of aliphatic hydroxyl groups is 2. The molecule has 0 aromatic heterocycles.